The lowest BCUT2D eigenvalue weighted by Gasteiger charge is -2.22. The van der Waals surface area contributed by atoms with E-state index in [0.717, 1.165) is 21.9 Å². The van der Waals surface area contributed by atoms with Gasteiger partial charge in [0.15, 0.2) is 5.75 Å². The molecule has 1 amide bonds. The van der Waals surface area contributed by atoms with Gasteiger partial charge in [0.2, 0.25) is 0 Å². The summed E-state index contributed by atoms with van der Waals surface area (Å²) in [5.74, 6) is 1.38. The number of rotatable bonds is 3. The number of hydrogen-bond acceptors (Lipinski definition) is 4. The van der Waals surface area contributed by atoms with Crippen molar-refractivity contribution in [1.29, 1.82) is 0 Å². The molecular formula is C17H15NO4. The average molecular weight is 297 g/mol. The third-order valence-electron chi connectivity index (χ3n) is 3.21. The van der Waals surface area contributed by atoms with Crippen LogP contribution >= 0.6 is 0 Å². The number of amides is 1. The van der Waals surface area contributed by atoms with Gasteiger partial charge in [0.1, 0.15) is 12.4 Å². The molecule has 0 saturated carbocycles. The molecule has 22 heavy (non-hydrogen) atoms. The van der Waals surface area contributed by atoms with Gasteiger partial charge < -0.3 is 14.3 Å². The second kappa shape index (κ2) is 6.22. The predicted octanol–water partition coefficient (Wildman–Crippen LogP) is 3.61. The molecule has 0 aliphatic carbocycles. The molecule has 1 aliphatic rings. The number of carbonyl (C=O) groups is 1. The quantitative estimate of drug-likeness (QED) is 0.868. The van der Waals surface area contributed by atoms with E-state index in [1.165, 1.54) is 0 Å². The molecule has 0 bridgehead atoms. The normalized spacial score (nSPS) is 12.3. The minimum atomic E-state index is -0.568. The Morgan fingerprint density at radius 2 is 1.91 bits per heavy atom. The summed E-state index contributed by atoms with van der Waals surface area (Å²) >= 11 is 0. The van der Waals surface area contributed by atoms with Gasteiger partial charge >= 0.3 is 6.09 Å². The van der Waals surface area contributed by atoms with Gasteiger partial charge in [-0.05, 0) is 29.8 Å². The number of nitrogens with zero attached hydrogens (tertiary/aromatic N) is 1. The van der Waals surface area contributed by atoms with Gasteiger partial charge in [-0.15, -0.1) is 5.06 Å². The summed E-state index contributed by atoms with van der Waals surface area (Å²) in [5.41, 5.74) is 1.79. The zero-order valence-corrected chi connectivity index (χ0v) is 12.1. The summed E-state index contributed by atoms with van der Waals surface area (Å²) in [6.07, 6.45) is 2.77. The molecule has 0 N–H and O–H groups in total. The first-order valence-electron chi connectivity index (χ1n) is 6.80. The molecule has 0 fully saturated rings. The highest BCUT2D eigenvalue weighted by Gasteiger charge is 2.19. The Bertz CT molecular complexity index is 694. The van der Waals surface area contributed by atoms with E-state index in [2.05, 4.69) is 0 Å². The van der Waals surface area contributed by atoms with E-state index in [1.54, 1.807) is 25.5 Å². The lowest BCUT2D eigenvalue weighted by Crippen LogP contribution is -2.31. The highest BCUT2D eigenvalue weighted by atomic mass is 16.7. The molecule has 112 valence electrons. The smallest absolute Gasteiger partial charge is 0.447 e. The predicted molar refractivity (Wildman–Crippen MR) is 81.1 cm³/mol. The van der Waals surface area contributed by atoms with Crippen LogP contribution in [0.15, 0.2) is 54.7 Å². The van der Waals surface area contributed by atoms with Crippen LogP contribution in [-0.4, -0.2) is 18.3 Å². The molecule has 0 radical (unpaired) electrons. The first-order valence-corrected chi connectivity index (χ1v) is 6.80. The van der Waals surface area contributed by atoms with E-state index in [4.69, 9.17) is 14.3 Å². The molecule has 2 aromatic carbocycles. The van der Waals surface area contributed by atoms with Crippen LogP contribution in [0.2, 0.25) is 0 Å². The van der Waals surface area contributed by atoms with E-state index in [-0.39, 0.29) is 6.61 Å². The van der Waals surface area contributed by atoms with Crippen molar-refractivity contribution >= 4 is 12.2 Å². The monoisotopic (exact) mass is 297 g/mol. The molecule has 3 rings (SSSR count). The molecule has 2 aromatic rings. The van der Waals surface area contributed by atoms with E-state index < -0.39 is 6.09 Å². The molecule has 1 aliphatic heterocycles. The molecule has 1 heterocycles. The Kier molecular flexibility index (Phi) is 3.96. The first-order chi connectivity index (χ1) is 10.8. The lowest BCUT2D eigenvalue weighted by molar-refractivity contribution is -0.0145. The molecule has 5 heteroatoms. The number of para-hydroxylation sites is 1. The van der Waals surface area contributed by atoms with Gasteiger partial charge in [0.05, 0.1) is 13.3 Å². The topological polar surface area (TPSA) is 48.0 Å². The van der Waals surface area contributed by atoms with Crippen molar-refractivity contribution in [3.63, 3.8) is 0 Å². The summed E-state index contributed by atoms with van der Waals surface area (Å²) in [4.78, 5) is 17.5. The van der Waals surface area contributed by atoms with Crippen LogP contribution in [0.3, 0.4) is 0 Å². The zero-order valence-electron chi connectivity index (χ0n) is 12.1. The van der Waals surface area contributed by atoms with Crippen LogP contribution in [0.4, 0.5) is 4.79 Å². The summed E-state index contributed by atoms with van der Waals surface area (Å²) in [6, 6.07) is 14.8. The van der Waals surface area contributed by atoms with Crippen molar-refractivity contribution in [2.75, 3.05) is 7.11 Å². The Balaban J connectivity index is 1.59. The maximum Gasteiger partial charge on any atom is 0.447 e. The summed E-state index contributed by atoms with van der Waals surface area (Å²) in [5, 5.41) is 1.08. The van der Waals surface area contributed by atoms with Crippen molar-refractivity contribution in [2.24, 2.45) is 0 Å². The fourth-order valence-corrected chi connectivity index (χ4v) is 2.01. The highest BCUT2D eigenvalue weighted by Crippen LogP contribution is 2.25. The number of hydrogen-bond donors (Lipinski definition) is 0. The molecule has 0 aromatic heterocycles. The third kappa shape index (κ3) is 3.03. The molecule has 0 atom stereocenters. The average Bonchev–Trinajstić information content (AvgIpc) is 2.59. The minimum absolute atomic E-state index is 0.165. The summed E-state index contributed by atoms with van der Waals surface area (Å²) < 4.78 is 10.3. The van der Waals surface area contributed by atoms with E-state index >= 15 is 0 Å². The Hall–Kier alpha value is -2.95. The van der Waals surface area contributed by atoms with Crippen molar-refractivity contribution in [2.45, 2.75) is 6.61 Å². The largest absolute Gasteiger partial charge is 0.497 e. The standard InChI is InChI=1S/C17H15NO4/c1-20-15-8-6-13(7-9-15)12-21-17(19)18-11-10-14-4-2-3-5-16(14)22-18/h2-11H,12H2,1H3. The van der Waals surface area contributed by atoms with Gasteiger partial charge in [-0.3, -0.25) is 0 Å². The SMILES string of the molecule is COc1ccc(COC(=O)N2C=Cc3ccccc3O2)cc1. The van der Waals surface area contributed by atoms with Gasteiger partial charge in [0.25, 0.3) is 0 Å². The van der Waals surface area contributed by atoms with Crippen LogP contribution in [-0.2, 0) is 11.3 Å². The second-order valence-corrected chi connectivity index (χ2v) is 4.67. The molecular weight excluding hydrogens is 282 g/mol. The second-order valence-electron chi connectivity index (χ2n) is 4.67. The fraction of sp³-hybridized carbons (Fsp3) is 0.118. The minimum Gasteiger partial charge on any atom is -0.497 e. The van der Waals surface area contributed by atoms with Gasteiger partial charge in [-0.1, -0.05) is 30.3 Å². The Labute approximate surface area is 128 Å². The maximum atomic E-state index is 12.0. The van der Waals surface area contributed by atoms with Crippen molar-refractivity contribution < 1.29 is 19.1 Å². The number of methoxy groups -OCH3 is 1. The van der Waals surface area contributed by atoms with Crippen molar-refractivity contribution in [3.8, 4) is 11.5 Å². The van der Waals surface area contributed by atoms with Crippen LogP contribution in [0.25, 0.3) is 6.08 Å². The third-order valence-corrected chi connectivity index (χ3v) is 3.21. The number of carbonyl (C=O) groups excluding carboxylic acids is 1. The van der Waals surface area contributed by atoms with E-state index in [9.17, 15) is 4.79 Å². The molecule has 0 unspecified atom stereocenters. The molecule has 0 spiro atoms. The number of ether oxygens (including phenoxy) is 2. The zero-order chi connectivity index (χ0) is 15.4. The molecule has 5 nitrogen and oxygen atoms in total. The lowest BCUT2D eigenvalue weighted by atomic mass is 10.2. The highest BCUT2D eigenvalue weighted by molar-refractivity contribution is 5.71. The number of fused-ring (bicyclic) bond motifs is 1. The number of benzene rings is 2. The van der Waals surface area contributed by atoms with Crippen LogP contribution in [0.5, 0.6) is 11.5 Å². The summed E-state index contributed by atoms with van der Waals surface area (Å²) in [6.45, 7) is 0.165. The summed E-state index contributed by atoms with van der Waals surface area (Å²) in [7, 11) is 1.60. The Morgan fingerprint density at radius 3 is 2.68 bits per heavy atom. The van der Waals surface area contributed by atoms with Crippen molar-refractivity contribution in [1.82, 2.24) is 5.06 Å². The number of hydroxylamine groups is 2. The van der Waals surface area contributed by atoms with Crippen LogP contribution in [0, 0.1) is 0 Å². The fourth-order valence-electron chi connectivity index (χ4n) is 2.01. The maximum absolute atomic E-state index is 12.0. The molecule has 0 saturated heterocycles. The van der Waals surface area contributed by atoms with Crippen LogP contribution < -0.4 is 9.57 Å². The van der Waals surface area contributed by atoms with E-state index in [0.29, 0.717) is 5.75 Å². The van der Waals surface area contributed by atoms with Gasteiger partial charge in [-0.2, -0.15) is 0 Å². The van der Waals surface area contributed by atoms with E-state index in [1.807, 2.05) is 42.5 Å². The van der Waals surface area contributed by atoms with Gasteiger partial charge in [-0.25, -0.2) is 4.79 Å². The Morgan fingerprint density at radius 1 is 1.14 bits per heavy atom. The van der Waals surface area contributed by atoms with Crippen molar-refractivity contribution in [3.05, 3.63) is 65.9 Å². The van der Waals surface area contributed by atoms with Crippen LogP contribution in [0.1, 0.15) is 11.1 Å². The first kappa shape index (κ1) is 14.0. The van der Waals surface area contributed by atoms with Gasteiger partial charge in [0, 0.05) is 5.56 Å².